The molecule has 0 aliphatic heterocycles. The molecule has 0 radical (unpaired) electrons. The lowest BCUT2D eigenvalue weighted by molar-refractivity contribution is -0.142. The molecule has 0 bridgehead atoms. The number of hydrogen-bond donors (Lipinski definition) is 2. The van der Waals surface area contributed by atoms with Crippen molar-refractivity contribution in [2.24, 2.45) is 0 Å². The zero-order valence-electron chi connectivity index (χ0n) is 7.21. The average Bonchev–Trinajstić information content (AvgIpc) is 1.86. The van der Waals surface area contributed by atoms with Gasteiger partial charge in [0.2, 0.25) is 0 Å². The van der Waals surface area contributed by atoms with Crippen LogP contribution >= 0.6 is 12.4 Å². The number of alkyl halides is 1. The van der Waals surface area contributed by atoms with Gasteiger partial charge in [0.15, 0.2) is 6.17 Å². The smallest absolute Gasteiger partial charge is 0.338 e. The molecule has 0 fully saturated rings. The molecule has 74 valence electrons. The van der Waals surface area contributed by atoms with E-state index in [-0.39, 0.29) is 24.9 Å². The second-order valence-corrected chi connectivity index (χ2v) is 2.70. The van der Waals surface area contributed by atoms with E-state index in [1.807, 2.05) is 13.8 Å². The Bertz CT molecular complexity index is 133. The summed E-state index contributed by atoms with van der Waals surface area (Å²) in [5, 5.41) is 11.1. The van der Waals surface area contributed by atoms with E-state index >= 15 is 0 Å². The topological polar surface area (TPSA) is 49.3 Å². The van der Waals surface area contributed by atoms with Crippen molar-refractivity contribution < 1.29 is 14.3 Å². The number of carboxylic acids is 1. The average molecular weight is 200 g/mol. The van der Waals surface area contributed by atoms with E-state index < -0.39 is 12.1 Å². The number of carbonyl (C=O) groups is 1. The van der Waals surface area contributed by atoms with E-state index in [9.17, 15) is 9.18 Å². The van der Waals surface area contributed by atoms with Gasteiger partial charge in [-0.2, -0.15) is 0 Å². The molecule has 0 saturated heterocycles. The predicted molar refractivity (Wildman–Crippen MR) is 47.5 cm³/mol. The fraction of sp³-hybridized carbons (Fsp3) is 0.857. The Balaban J connectivity index is 0. The Hall–Kier alpha value is -0.350. The summed E-state index contributed by atoms with van der Waals surface area (Å²) < 4.78 is 12.3. The van der Waals surface area contributed by atoms with Crippen molar-refractivity contribution in [2.45, 2.75) is 32.5 Å². The van der Waals surface area contributed by atoms with E-state index in [2.05, 4.69) is 5.32 Å². The zero-order chi connectivity index (χ0) is 8.85. The van der Waals surface area contributed by atoms with Crippen molar-refractivity contribution in [2.75, 3.05) is 6.54 Å². The molecule has 0 heterocycles. The van der Waals surface area contributed by atoms with Gasteiger partial charge in [-0.1, -0.05) is 13.8 Å². The lowest BCUT2D eigenvalue weighted by Gasteiger charge is -2.07. The van der Waals surface area contributed by atoms with Crippen molar-refractivity contribution >= 4 is 18.4 Å². The van der Waals surface area contributed by atoms with E-state index in [1.54, 1.807) is 0 Å². The lowest BCUT2D eigenvalue weighted by atomic mass is 10.2. The molecule has 1 atom stereocenters. The van der Waals surface area contributed by atoms with Crippen molar-refractivity contribution in [3.63, 3.8) is 0 Å². The van der Waals surface area contributed by atoms with Crippen molar-refractivity contribution in [1.82, 2.24) is 5.32 Å². The van der Waals surface area contributed by atoms with Gasteiger partial charge >= 0.3 is 5.97 Å². The Morgan fingerprint density at radius 3 is 2.42 bits per heavy atom. The highest BCUT2D eigenvalue weighted by Gasteiger charge is 2.14. The zero-order valence-corrected chi connectivity index (χ0v) is 8.03. The summed E-state index contributed by atoms with van der Waals surface area (Å²) in [6.07, 6.45) is -1.70. The highest BCUT2D eigenvalue weighted by atomic mass is 35.5. The first kappa shape index (κ1) is 14.2. The summed E-state index contributed by atoms with van der Waals surface area (Å²) in [7, 11) is 0. The van der Waals surface area contributed by atoms with Gasteiger partial charge in [0, 0.05) is 12.5 Å². The minimum Gasteiger partial charge on any atom is -0.479 e. The molecule has 0 aliphatic rings. The van der Waals surface area contributed by atoms with Crippen molar-refractivity contribution in [1.29, 1.82) is 0 Å². The molecule has 0 aromatic rings. The predicted octanol–water partition coefficient (Wildman–Crippen LogP) is 1.22. The number of carboxylic acid groups (broad SMARTS) is 1. The minimum absolute atomic E-state index is 0. The Morgan fingerprint density at radius 1 is 1.58 bits per heavy atom. The van der Waals surface area contributed by atoms with Gasteiger partial charge < -0.3 is 10.4 Å². The van der Waals surface area contributed by atoms with E-state index in [0.29, 0.717) is 6.54 Å². The Kier molecular flexibility index (Phi) is 8.64. The SMILES string of the molecule is CC(C)NCC[C@@H](F)C(=O)O.Cl. The summed E-state index contributed by atoms with van der Waals surface area (Å²) in [6.45, 7) is 4.26. The highest BCUT2D eigenvalue weighted by Crippen LogP contribution is 1.96. The van der Waals surface area contributed by atoms with Crippen LogP contribution in [0.3, 0.4) is 0 Å². The van der Waals surface area contributed by atoms with Crippen LogP contribution in [0.15, 0.2) is 0 Å². The standard InChI is InChI=1S/C7H14FNO2.ClH/c1-5(2)9-4-3-6(8)7(10)11;/h5-6,9H,3-4H2,1-2H3,(H,10,11);1H/t6-;/m1./s1. The van der Waals surface area contributed by atoms with Gasteiger partial charge in [0.1, 0.15) is 0 Å². The molecule has 12 heavy (non-hydrogen) atoms. The number of nitrogens with one attached hydrogen (secondary N) is 1. The third-order valence-corrected chi connectivity index (χ3v) is 1.22. The molecule has 0 aliphatic carbocycles. The number of hydrogen-bond acceptors (Lipinski definition) is 2. The summed E-state index contributed by atoms with van der Waals surface area (Å²) in [4.78, 5) is 9.97. The summed E-state index contributed by atoms with van der Waals surface area (Å²) in [5.41, 5.74) is 0. The van der Waals surface area contributed by atoms with Crippen LogP contribution < -0.4 is 5.32 Å². The van der Waals surface area contributed by atoms with Crippen LogP contribution in [0.1, 0.15) is 20.3 Å². The first-order chi connectivity index (χ1) is 5.04. The summed E-state index contributed by atoms with van der Waals surface area (Å²) in [5.74, 6) is -1.38. The van der Waals surface area contributed by atoms with Gasteiger partial charge in [-0.05, 0) is 6.54 Å². The van der Waals surface area contributed by atoms with Crippen LogP contribution in [-0.4, -0.2) is 29.8 Å². The van der Waals surface area contributed by atoms with E-state index in [1.165, 1.54) is 0 Å². The third kappa shape index (κ3) is 7.75. The summed E-state index contributed by atoms with van der Waals surface area (Å²) in [6, 6.07) is 0.274. The normalized spacial score (nSPS) is 12.3. The maximum atomic E-state index is 12.3. The maximum Gasteiger partial charge on any atom is 0.338 e. The second kappa shape index (κ2) is 7.31. The largest absolute Gasteiger partial charge is 0.479 e. The van der Waals surface area contributed by atoms with Gasteiger partial charge in [0.25, 0.3) is 0 Å². The van der Waals surface area contributed by atoms with E-state index in [0.717, 1.165) is 0 Å². The molecular formula is C7H15ClFNO2. The van der Waals surface area contributed by atoms with Crippen molar-refractivity contribution in [3.05, 3.63) is 0 Å². The van der Waals surface area contributed by atoms with E-state index in [4.69, 9.17) is 5.11 Å². The molecule has 0 amide bonds. The van der Waals surface area contributed by atoms with Crippen LogP contribution in [0.5, 0.6) is 0 Å². The van der Waals surface area contributed by atoms with Gasteiger partial charge in [-0.25, -0.2) is 9.18 Å². The van der Waals surface area contributed by atoms with Gasteiger partial charge in [-0.3, -0.25) is 0 Å². The third-order valence-electron chi connectivity index (χ3n) is 1.22. The van der Waals surface area contributed by atoms with Crippen molar-refractivity contribution in [3.8, 4) is 0 Å². The maximum absolute atomic E-state index is 12.3. The molecule has 0 spiro atoms. The van der Waals surface area contributed by atoms with Crippen LogP contribution in [0.2, 0.25) is 0 Å². The van der Waals surface area contributed by atoms with Gasteiger partial charge in [0.05, 0.1) is 0 Å². The Morgan fingerprint density at radius 2 is 2.08 bits per heavy atom. The molecule has 0 aromatic carbocycles. The highest BCUT2D eigenvalue weighted by molar-refractivity contribution is 5.85. The Labute approximate surface area is 77.8 Å². The minimum atomic E-state index is -1.73. The fourth-order valence-corrected chi connectivity index (χ4v) is 0.622. The van der Waals surface area contributed by atoms with Crippen LogP contribution in [0, 0.1) is 0 Å². The quantitative estimate of drug-likeness (QED) is 0.700. The second-order valence-electron chi connectivity index (χ2n) is 2.70. The molecule has 0 unspecified atom stereocenters. The van der Waals surface area contributed by atoms with Crippen LogP contribution in [-0.2, 0) is 4.79 Å². The first-order valence-electron chi connectivity index (χ1n) is 3.64. The molecular weight excluding hydrogens is 185 g/mol. The number of rotatable bonds is 5. The van der Waals surface area contributed by atoms with Crippen LogP contribution in [0.25, 0.3) is 0 Å². The molecule has 0 aromatic heterocycles. The van der Waals surface area contributed by atoms with Crippen LogP contribution in [0.4, 0.5) is 4.39 Å². The molecule has 3 nitrogen and oxygen atoms in total. The molecule has 2 N–H and O–H groups in total. The fourth-order valence-electron chi connectivity index (χ4n) is 0.622. The molecule has 0 saturated carbocycles. The van der Waals surface area contributed by atoms with Gasteiger partial charge in [-0.15, -0.1) is 12.4 Å². The monoisotopic (exact) mass is 199 g/mol. The first-order valence-corrected chi connectivity index (χ1v) is 3.64. The number of aliphatic carboxylic acids is 1. The molecule has 0 rings (SSSR count). The summed E-state index contributed by atoms with van der Waals surface area (Å²) >= 11 is 0. The molecule has 5 heteroatoms. The lowest BCUT2D eigenvalue weighted by Crippen LogP contribution is -2.27. The number of halogens is 2.